The molecule has 0 bridgehead atoms. The minimum Gasteiger partial charge on any atom is -0.507 e. The highest BCUT2D eigenvalue weighted by Gasteiger charge is 2.22. The zero-order chi connectivity index (χ0) is 34.5. The van der Waals surface area contributed by atoms with Gasteiger partial charge in [0.15, 0.2) is 0 Å². The number of fused-ring (bicyclic) bond motifs is 1. The van der Waals surface area contributed by atoms with Gasteiger partial charge < -0.3 is 5.11 Å². The van der Waals surface area contributed by atoms with Gasteiger partial charge in [0, 0.05) is 28.5 Å². The molecule has 0 aliphatic heterocycles. The molecule has 0 aliphatic rings. The van der Waals surface area contributed by atoms with Crippen LogP contribution in [0.25, 0.3) is 61.8 Å². The number of phenols is 1. The lowest BCUT2D eigenvalue weighted by Crippen LogP contribution is -2.16. The van der Waals surface area contributed by atoms with Crippen LogP contribution in [-0.2, 0) is 10.8 Å². The van der Waals surface area contributed by atoms with E-state index in [0.717, 1.165) is 61.8 Å². The van der Waals surface area contributed by atoms with E-state index in [1.54, 1.807) is 0 Å². The zero-order valence-electron chi connectivity index (χ0n) is 29.4. The van der Waals surface area contributed by atoms with Crippen LogP contribution in [0.15, 0.2) is 128 Å². The molecule has 3 aromatic heterocycles. The average molecular weight is 642 g/mol. The quantitative estimate of drug-likeness (QED) is 0.203. The number of aryl methyl sites for hydroxylation is 1. The van der Waals surface area contributed by atoms with E-state index in [9.17, 15) is 5.11 Å². The third-order valence-electron chi connectivity index (χ3n) is 9.35. The lowest BCUT2D eigenvalue weighted by Gasteiger charge is -2.26. The van der Waals surface area contributed by atoms with E-state index >= 15 is 0 Å². The fraction of sp³-hybridized carbons (Fsp3) is 0.200. The minimum atomic E-state index is -0.0254. The summed E-state index contributed by atoms with van der Waals surface area (Å²) in [5.74, 6) is 0.253. The van der Waals surface area contributed by atoms with Crippen LogP contribution in [0.5, 0.6) is 5.75 Å². The van der Waals surface area contributed by atoms with Crippen LogP contribution in [-0.4, -0.2) is 19.5 Å². The molecule has 7 rings (SSSR count). The molecular weight excluding hydrogens is 599 g/mol. The summed E-state index contributed by atoms with van der Waals surface area (Å²) in [4.78, 5) is 10.3. The molecule has 4 heteroatoms. The van der Waals surface area contributed by atoms with Crippen molar-refractivity contribution >= 4 is 5.65 Å². The average Bonchev–Trinajstić information content (AvgIpc) is 3.49. The predicted molar refractivity (Wildman–Crippen MR) is 204 cm³/mol. The Hall–Kier alpha value is -5.48. The number of rotatable bonds is 5. The third kappa shape index (κ3) is 6.27. The Morgan fingerprint density at radius 3 is 1.86 bits per heavy atom. The topological polar surface area (TPSA) is 50.4 Å². The van der Waals surface area contributed by atoms with Gasteiger partial charge in [-0.2, -0.15) is 0 Å². The number of phenolic OH excluding ortho intramolecular Hbond substituents is 1. The van der Waals surface area contributed by atoms with Crippen molar-refractivity contribution in [2.45, 2.75) is 59.3 Å². The number of aromatic hydroxyl groups is 1. The van der Waals surface area contributed by atoms with Gasteiger partial charge in [0.1, 0.15) is 11.4 Å². The van der Waals surface area contributed by atoms with Crippen molar-refractivity contribution in [1.82, 2.24) is 14.4 Å². The van der Waals surface area contributed by atoms with E-state index in [0.29, 0.717) is 5.56 Å². The molecule has 0 radical (unpaired) electrons. The molecule has 3 heterocycles. The molecule has 7 aromatic rings. The molecule has 0 saturated carbocycles. The number of imidazole rings is 1. The smallest absolute Gasteiger partial charge is 0.137 e. The summed E-state index contributed by atoms with van der Waals surface area (Å²) in [5, 5.41) is 11.2. The van der Waals surface area contributed by atoms with Crippen LogP contribution in [0.4, 0.5) is 0 Å². The van der Waals surface area contributed by atoms with Crippen LogP contribution < -0.4 is 0 Å². The number of nitrogens with zero attached hydrogens (tertiary/aromatic N) is 3. The van der Waals surface area contributed by atoms with Crippen molar-refractivity contribution in [2.24, 2.45) is 0 Å². The van der Waals surface area contributed by atoms with Crippen molar-refractivity contribution in [2.75, 3.05) is 0 Å². The number of aromatic nitrogens is 3. The first kappa shape index (κ1) is 32.1. The minimum absolute atomic E-state index is 0.0254. The second kappa shape index (κ2) is 12.2. The Labute approximate surface area is 289 Å². The fourth-order valence-corrected chi connectivity index (χ4v) is 6.40. The molecule has 0 saturated heterocycles. The zero-order valence-corrected chi connectivity index (χ0v) is 29.4. The van der Waals surface area contributed by atoms with Crippen molar-refractivity contribution in [3.05, 3.63) is 144 Å². The maximum Gasteiger partial charge on any atom is 0.137 e. The number of hydrogen-bond donors (Lipinski definition) is 1. The van der Waals surface area contributed by atoms with Gasteiger partial charge in [-0.1, -0.05) is 126 Å². The Bertz CT molecular complexity index is 2290. The van der Waals surface area contributed by atoms with Gasteiger partial charge in [0.05, 0.1) is 22.8 Å². The molecule has 0 aliphatic carbocycles. The summed E-state index contributed by atoms with van der Waals surface area (Å²) in [5.41, 5.74) is 13.8. The van der Waals surface area contributed by atoms with E-state index in [4.69, 9.17) is 9.97 Å². The van der Waals surface area contributed by atoms with E-state index in [-0.39, 0.29) is 16.6 Å². The van der Waals surface area contributed by atoms with Crippen LogP contribution in [0, 0.1) is 6.92 Å². The number of benzene rings is 4. The molecular formula is C45H43N3O. The SMILES string of the molecule is Cc1cccc(-c2cc(-c3cc(C(C)(C)C)cc(C(C)(C)C)c3)cc(-c3cccc(-c4nc5ccccn5c4-c4ccccc4)c3)n2)c1O. The van der Waals surface area contributed by atoms with Gasteiger partial charge in [-0.05, 0) is 82.0 Å². The van der Waals surface area contributed by atoms with Gasteiger partial charge in [0.25, 0.3) is 0 Å². The summed E-state index contributed by atoms with van der Waals surface area (Å²) < 4.78 is 2.16. The van der Waals surface area contributed by atoms with Gasteiger partial charge in [-0.3, -0.25) is 4.40 Å². The van der Waals surface area contributed by atoms with Crippen molar-refractivity contribution in [3.63, 3.8) is 0 Å². The standard InChI is InChI=1S/C45H43N3O/c1-29-15-13-20-37(43(29)49)39-27-34(33-24-35(44(2,3)4)28-36(25-33)45(5,6)7)26-38(46-39)31-18-14-19-32(23-31)41-42(30-16-9-8-10-17-30)48-22-12-11-21-40(48)47-41/h8-28,49H,1-7H3. The number of para-hydroxylation sites is 1. The Kier molecular flexibility index (Phi) is 7.99. The van der Waals surface area contributed by atoms with E-state index in [1.165, 1.54) is 11.1 Å². The van der Waals surface area contributed by atoms with Crippen molar-refractivity contribution < 1.29 is 5.11 Å². The number of hydrogen-bond acceptors (Lipinski definition) is 3. The maximum absolute atomic E-state index is 11.2. The lowest BCUT2D eigenvalue weighted by atomic mass is 9.79. The van der Waals surface area contributed by atoms with Crippen LogP contribution in [0.3, 0.4) is 0 Å². The van der Waals surface area contributed by atoms with Crippen molar-refractivity contribution in [1.29, 1.82) is 0 Å². The molecule has 0 spiro atoms. The predicted octanol–water partition coefficient (Wildman–Crippen LogP) is 11.7. The molecule has 244 valence electrons. The highest BCUT2D eigenvalue weighted by atomic mass is 16.3. The monoisotopic (exact) mass is 641 g/mol. The molecule has 0 fully saturated rings. The van der Waals surface area contributed by atoms with Gasteiger partial charge in [-0.15, -0.1) is 0 Å². The van der Waals surface area contributed by atoms with Crippen LogP contribution in [0.2, 0.25) is 0 Å². The lowest BCUT2D eigenvalue weighted by molar-refractivity contribution is 0.473. The Balaban J connectivity index is 1.45. The summed E-state index contributed by atoms with van der Waals surface area (Å²) in [6.07, 6.45) is 2.07. The third-order valence-corrected chi connectivity index (χ3v) is 9.35. The van der Waals surface area contributed by atoms with Crippen LogP contribution in [0.1, 0.15) is 58.2 Å². The molecule has 0 atom stereocenters. The molecule has 4 nitrogen and oxygen atoms in total. The second-order valence-corrected chi connectivity index (χ2v) is 15.1. The maximum atomic E-state index is 11.2. The first-order valence-electron chi connectivity index (χ1n) is 17.0. The molecule has 1 N–H and O–H groups in total. The molecule has 0 amide bonds. The normalized spacial score (nSPS) is 12.1. The highest BCUT2D eigenvalue weighted by Crippen LogP contribution is 2.40. The number of pyridine rings is 2. The Morgan fingerprint density at radius 1 is 0.531 bits per heavy atom. The second-order valence-electron chi connectivity index (χ2n) is 15.1. The fourth-order valence-electron chi connectivity index (χ4n) is 6.40. The molecule has 0 unspecified atom stereocenters. The largest absolute Gasteiger partial charge is 0.507 e. The van der Waals surface area contributed by atoms with Gasteiger partial charge >= 0.3 is 0 Å². The first-order chi connectivity index (χ1) is 23.4. The highest BCUT2D eigenvalue weighted by molar-refractivity contribution is 5.85. The first-order valence-corrected chi connectivity index (χ1v) is 17.0. The van der Waals surface area contributed by atoms with Gasteiger partial charge in [-0.25, -0.2) is 9.97 Å². The van der Waals surface area contributed by atoms with Gasteiger partial charge in [0.2, 0.25) is 0 Å². The summed E-state index contributed by atoms with van der Waals surface area (Å²) in [7, 11) is 0. The molecule has 49 heavy (non-hydrogen) atoms. The van der Waals surface area contributed by atoms with E-state index < -0.39 is 0 Å². The summed E-state index contributed by atoms with van der Waals surface area (Å²) in [6, 6.07) is 42.2. The van der Waals surface area contributed by atoms with E-state index in [1.807, 2.05) is 49.4 Å². The summed E-state index contributed by atoms with van der Waals surface area (Å²) in [6.45, 7) is 15.5. The molecule has 4 aromatic carbocycles. The van der Waals surface area contributed by atoms with E-state index in [2.05, 4.69) is 131 Å². The van der Waals surface area contributed by atoms with Crippen molar-refractivity contribution in [3.8, 4) is 61.9 Å². The van der Waals surface area contributed by atoms with Crippen LogP contribution >= 0.6 is 0 Å². The Morgan fingerprint density at radius 2 is 1.14 bits per heavy atom. The summed E-state index contributed by atoms with van der Waals surface area (Å²) >= 11 is 0.